The Kier molecular flexibility index (Phi) is 6.58. The first-order chi connectivity index (χ1) is 11.4. The predicted molar refractivity (Wildman–Crippen MR) is 102 cm³/mol. The van der Waals surface area contributed by atoms with Crippen LogP contribution < -0.4 is 15.4 Å². The molecular formula is C18H19ClN2O2S. The van der Waals surface area contributed by atoms with Gasteiger partial charge in [-0.2, -0.15) is 0 Å². The minimum Gasteiger partial charge on any atom is -0.457 e. The summed E-state index contributed by atoms with van der Waals surface area (Å²) in [6, 6.07) is 14.4. The van der Waals surface area contributed by atoms with Gasteiger partial charge in [-0.25, -0.2) is 0 Å². The molecule has 126 valence electrons. The van der Waals surface area contributed by atoms with Crippen molar-refractivity contribution in [2.24, 2.45) is 5.92 Å². The summed E-state index contributed by atoms with van der Waals surface area (Å²) in [5, 5.41) is 6.57. The summed E-state index contributed by atoms with van der Waals surface area (Å²) < 4.78 is 5.71. The minimum atomic E-state index is -0.0924. The Morgan fingerprint density at radius 3 is 2.17 bits per heavy atom. The molecule has 0 bridgehead atoms. The largest absolute Gasteiger partial charge is 0.457 e. The molecule has 0 atom stereocenters. The van der Waals surface area contributed by atoms with E-state index in [1.807, 2.05) is 38.1 Å². The highest BCUT2D eigenvalue weighted by atomic mass is 35.5. The SMILES string of the molecule is CC(C)CC(=O)NC(=S)Nc1ccc(Oc2ccc(Cl)cc2)cc1. The number of anilines is 1. The Balaban J connectivity index is 1.88. The molecule has 24 heavy (non-hydrogen) atoms. The fourth-order valence-corrected chi connectivity index (χ4v) is 2.31. The number of carbonyl (C=O) groups excluding carboxylic acids is 1. The molecule has 0 aliphatic heterocycles. The van der Waals surface area contributed by atoms with Crippen LogP contribution in [-0.2, 0) is 4.79 Å². The van der Waals surface area contributed by atoms with Crippen LogP contribution in [-0.4, -0.2) is 11.0 Å². The lowest BCUT2D eigenvalue weighted by molar-refractivity contribution is -0.120. The van der Waals surface area contributed by atoms with Gasteiger partial charge in [0.2, 0.25) is 5.91 Å². The molecule has 2 aromatic rings. The molecule has 0 aliphatic rings. The van der Waals surface area contributed by atoms with Crippen LogP contribution in [0.3, 0.4) is 0 Å². The first-order valence-corrected chi connectivity index (χ1v) is 8.35. The molecule has 0 fully saturated rings. The summed E-state index contributed by atoms with van der Waals surface area (Å²) in [6.45, 7) is 3.96. The third-order valence-electron chi connectivity index (χ3n) is 3.01. The summed E-state index contributed by atoms with van der Waals surface area (Å²) in [4.78, 5) is 11.7. The van der Waals surface area contributed by atoms with Gasteiger partial charge in [0.15, 0.2) is 5.11 Å². The van der Waals surface area contributed by atoms with Crippen LogP contribution in [0.25, 0.3) is 0 Å². The number of rotatable bonds is 5. The molecule has 1 amide bonds. The Hall–Kier alpha value is -2.11. The Morgan fingerprint density at radius 1 is 1.08 bits per heavy atom. The van der Waals surface area contributed by atoms with E-state index in [-0.39, 0.29) is 16.9 Å². The normalized spacial score (nSPS) is 10.3. The summed E-state index contributed by atoms with van der Waals surface area (Å²) in [7, 11) is 0. The molecule has 4 nitrogen and oxygen atoms in total. The second kappa shape index (κ2) is 8.66. The second-order valence-electron chi connectivity index (χ2n) is 5.68. The van der Waals surface area contributed by atoms with Gasteiger partial charge in [0.1, 0.15) is 11.5 Å². The first kappa shape index (κ1) is 18.2. The van der Waals surface area contributed by atoms with Gasteiger partial charge >= 0.3 is 0 Å². The van der Waals surface area contributed by atoms with Crippen molar-refractivity contribution in [1.82, 2.24) is 5.32 Å². The van der Waals surface area contributed by atoms with Gasteiger partial charge in [-0.15, -0.1) is 0 Å². The molecule has 0 radical (unpaired) electrons. The van der Waals surface area contributed by atoms with E-state index in [9.17, 15) is 4.79 Å². The summed E-state index contributed by atoms with van der Waals surface area (Å²) in [5.41, 5.74) is 0.772. The minimum absolute atomic E-state index is 0.0924. The molecule has 0 unspecified atom stereocenters. The van der Waals surface area contributed by atoms with Gasteiger partial charge < -0.3 is 15.4 Å². The van der Waals surface area contributed by atoms with Crippen molar-refractivity contribution in [1.29, 1.82) is 0 Å². The van der Waals surface area contributed by atoms with E-state index in [0.29, 0.717) is 22.9 Å². The summed E-state index contributed by atoms with van der Waals surface area (Å²) >= 11 is 11.0. The second-order valence-corrected chi connectivity index (χ2v) is 6.53. The van der Waals surface area contributed by atoms with Gasteiger partial charge in [-0.3, -0.25) is 4.79 Å². The number of amides is 1. The highest BCUT2D eigenvalue weighted by molar-refractivity contribution is 7.80. The van der Waals surface area contributed by atoms with E-state index in [0.717, 1.165) is 5.69 Å². The van der Waals surface area contributed by atoms with Gasteiger partial charge in [0.25, 0.3) is 0 Å². The van der Waals surface area contributed by atoms with Crippen LogP contribution in [0.4, 0.5) is 5.69 Å². The lowest BCUT2D eigenvalue weighted by Crippen LogP contribution is -2.34. The molecule has 2 rings (SSSR count). The van der Waals surface area contributed by atoms with Crippen molar-refractivity contribution < 1.29 is 9.53 Å². The third kappa shape index (κ3) is 6.18. The third-order valence-corrected chi connectivity index (χ3v) is 3.46. The zero-order chi connectivity index (χ0) is 17.5. The lowest BCUT2D eigenvalue weighted by atomic mass is 10.1. The maximum absolute atomic E-state index is 11.7. The standard InChI is InChI=1S/C18H19ClN2O2S/c1-12(2)11-17(22)21-18(24)20-14-5-9-16(10-6-14)23-15-7-3-13(19)4-8-15/h3-10,12H,11H2,1-2H3,(H2,20,21,22,24). The van der Waals surface area contributed by atoms with Crippen LogP contribution in [0.5, 0.6) is 11.5 Å². The van der Waals surface area contributed by atoms with E-state index >= 15 is 0 Å². The molecule has 0 saturated carbocycles. The van der Waals surface area contributed by atoms with Crippen LogP contribution in [0.1, 0.15) is 20.3 Å². The number of thiocarbonyl (C=S) groups is 1. The predicted octanol–water partition coefficient (Wildman–Crippen LogP) is 4.99. The zero-order valence-electron chi connectivity index (χ0n) is 13.5. The Bertz CT molecular complexity index is 700. The van der Waals surface area contributed by atoms with Gasteiger partial charge in [0, 0.05) is 17.1 Å². The van der Waals surface area contributed by atoms with E-state index in [1.54, 1.807) is 24.3 Å². The maximum atomic E-state index is 11.7. The molecule has 2 N–H and O–H groups in total. The lowest BCUT2D eigenvalue weighted by Gasteiger charge is -2.11. The Labute approximate surface area is 152 Å². The molecule has 0 heterocycles. The fourth-order valence-electron chi connectivity index (χ4n) is 1.96. The number of hydrogen-bond acceptors (Lipinski definition) is 3. The van der Waals surface area contributed by atoms with Gasteiger partial charge in [0.05, 0.1) is 0 Å². The van der Waals surface area contributed by atoms with Crippen molar-refractivity contribution in [3.05, 3.63) is 53.6 Å². The summed E-state index contributed by atoms with van der Waals surface area (Å²) in [5.74, 6) is 1.59. The molecule has 2 aromatic carbocycles. The highest BCUT2D eigenvalue weighted by Gasteiger charge is 2.07. The quantitative estimate of drug-likeness (QED) is 0.735. The summed E-state index contributed by atoms with van der Waals surface area (Å²) in [6.07, 6.45) is 0.440. The molecule has 6 heteroatoms. The van der Waals surface area contributed by atoms with Crippen molar-refractivity contribution in [3.63, 3.8) is 0 Å². The van der Waals surface area contributed by atoms with Crippen molar-refractivity contribution in [2.75, 3.05) is 5.32 Å². The average molecular weight is 363 g/mol. The van der Waals surface area contributed by atoms with Gasteiger partial charge in [-0.05, 0) is 66.7 Å². The molecular weight excluding hydrogens is 344 g/mol. The zero-order valence-corrected chi connectivity index (χ0v) is 15.1. The van der Waals surface area contributed by atoms with E-state index in [2.05, 4.69) is 10.6 Å². The highest BCUT2D eigenvalue weighted by Crippen LogP contribution is 2.24. The van der Waals surface area contributed by atoms with Crippen molar-refractivity contribution >= 4 is 40.5 Å². The smallest absolute Gasteiger partial charge is 0.226 e. The average Bonchev–Trinajstić information content (AvgIpc) is 2.50. The number of hydrogen-bond donors (Lipinski definition) is 2. The number of ether oxygens (including phenoxy) is 1. The van der Waals surface area contributed by atoms with E-state index in [4.69, 9.17) is 28.6 Å². The number of benzene rings is 2. The van der Waals surface area contributed by atoms with Crippen molar-refractivity contribution in [3.8, 4) is 11.5 Å². The van der Waals surface area contributed by atoms with Crippen LogP contribution in [0.2, 0.25) is 5.02 Å². The number of halogens is 1. The fraction of sp³-hybridized carbons (Fsp3) is 0.222. The molecule has 0 saturated heterocycles. The van der Waals surface area contributed by atoms with E-state index < -0.39 is 0 Å². The molecule has 0 aromatic heterocycles. The topological polar surface area (TPSA) is 50.4 Å². The number of nitrogens with one attached hydrogen (secondary N) is 2. The van der Waals surface area contributed by atoms with Crippen LogP contribution in [0, 0.1) is 5.92 Å². The van der Waals surface area contributed by atoms with Crippen LogP contribution in [0.15, 0.2) is 48.5 Å². The molecule has 0 spiro atoms. The number of carbonyl (C=O) groups is 1. The maximum Gasteiger partial charge on any atom is 0.226 e. The van der Waals surface area contributed by atoms with E-state index in [1.165, 1.54) is 0 Å². The van der Waals surface area contributed by atoms with Crippen LogP contribution >= 0.6 is 23.8 Å². The Morgan fingerprint density at radius 2 is 1.62 bits per heavy atom. The van der Waals surface area contributed by atoms with Crippen molar-refractivity contribution in [2.45, 2.75) is 20.3 Å². The monoisotopic (exact) mass is 362 g/mol. The molecule has 0 aliphatic carbocycles. The first-order valence-electron chi connectivity index (χ1n) is 7.56. The van der Waals surface area contributed by atoms with Gasteiger partial charge in [-0.1, -0.05) is 25.4 Å².